The van der Waals surface area contributed by atoms with Gasteiger partial charge in [-0.05, 0) is 55.2 Å². The van der Waals surface area contributed by atoms with Crippen molar-refractivity contribution in [2.45, 2.75) is 44.2 Å². The van der Waals surface area contributed by atoms with E-state index in [4.69, 9.17) is 0 Å². The summed E-state index contributed by atoms with van der Waals surface area (Å²) in [5.41, 5.74) is 0.411. The Morgan fingerprint density at radius 3 is 2.00 bits per heavy atom. The van der Waals surface area contributed by atoms with Crippen LogP contribution < -0.4 is 0 Å². The van der Waals surface area contributed by atoms with Crippen LogP contribution in [0.1, 0.15) is 43.6 Å². The maximum atomic E-state index is 13.2. The number of allylic oxidation sites excluding steroid dienone is 2. The van der Waals surface area contributed by atoms with Gasteiger partial charge in [-0.3, -0.25) is 0 Å². The third-order valence-electron chi connectivity index (χ3n) is 4.01. The van der Waals surface area contributed by atoms with E-state index >= 15 is 0 Å². The third-order valence-corrected chi connectivity index (χ3v) is 4.01. The first-order valence-corrected chi connectivity index (χ1v) is 7.14. The van der Waals surface area contributed by atoms with Gasteiger partial charge in [-0.1, -0.05) is 12.2 Å². The van der Waals surface area contributed by atoms with Gasteiger partial charge in [0.15, 0.2) is 17.5 Å². The smallest absolute Gasteiger partial charge is 0.204 e. The van der Waals surface area contributed by atoms with Crippen LogP contribution in [0.5, 0.6) is 0 Å². The molecular weight excluding hydrogens is 306 g/mol. The first kappa shape index (κ1) is 16.9. The molecule has 6 heteroatoms. The van der Waals surface area contributed by atoms with E-state index in [1.165, 1.54) is 0 Å². The van der Waals surface area contributed by atoms with E-state index in [1.54, 1.807) is 6.08 Å². The number of alkyl halides is 3. The Bertz CT molecular complexity index is 515. The first-order chi connectivity index (χ1) is 10.3. The highest BCUT2D eigenvalue weighted by atomic mass is 19.4. The summed E-state index contributed by atoms with van der Waals surface area (Å²) < 4.78 is 75.5. The highest BCUT2D eigenvalue weighted by Crippen LogP contribution is 2.37. The predicted molar refractivity (Wildman–Crippen MR) is 70.8 cm³/mol. The minimum atomic E-state index is -4.20. The van der Waals surface area contributed by atoms with Crippen LogP contribution in [0.2, 0.25) is 0 Å². The van der Waals surface area contributed by atoms with Crippen LogP contribution in [-0.2, 0) is 0 Å². The fourth-order valence-electron chi connectivity index (χ4n) is 2.85. The highest BCUT2D eigenvalue weighted by Gasteiger charge is 2.26. The molecule has 0 heterocycles. The summed E-state index contributed by atoms with van der Waals surface area (Å²) in [4.78, 5) is 0. The fourth-order valence-corrected chi connectivity index (χ4v) is 2.85. The number of hydrogen-bond donors (Lipinski definition) is 0. The molecule has 2 rings (SSSR count). The van der Waals surface area contributed by atoms with Crippen molar-refractivity contribution in [2.24, 2.45) is 5.92 Å². The van der Waals surface area contributed by atoms with Gasteiger partial charge in [0.1, 0.15) is 0 Å². The largest absolute Gasteiger partial charge is 0.392 e. The average Bonchev–Trinajstić information content (AvgIpc) is 2.43. The summed E-state index contributed by atoms with van der Waals surface area (Å²) in [5.74, 6) is -3.93. The number of rotatable bonds is 3. The van der Waals surface area contributed by atoms with E-state index in [0.29, 0.717) is 31.2 Å². The Hall–Kier alpha value is -1.46. The normalized spacial score (nSPS) is 23.2. The lowest BCUT2D eigenvalue weighted by atomic mass is 9.78. The van der Waals surface area contributed by atoms with Crippen molar-refractivity contribution in [1.82, 2.24) is 0 Å². The molecule has 1 fully saturated rings. The van der Waals surface area contributed by atoms with Crippen molar-refractivity contribution >= 4 is 0 Å². The van der Waals surface area contributed by atoms with Crippen LogP contribution in [0.15, 0.2) is 24.3 Å². The molecule has 0 amide bonds. The molecule has 0 bridgehead atoms. The zero-order valence-corrected chi connectivity index (χ0v) is 11.8. The highest BCUT2D eigenvalue weighted by molar-refractivity contribution is 5.23. The van der Waals surface area contributed by atoms with Gasteiger partial charge in [-0.25, -0.2) is 13.2 Å². The molecule has 1 aliphatic rings. The van der Waals surface area contributed by atoms with E-state index in [0.717, 1.165) is 18.2 Å². The predicted octanol–water partition coefficient (Wildman–Crippen LogP) is 5.89. The molecule has 0 nitrogen and oxygen atoms in total. The second kappa shape index (κ2) is 6.75. The molecule has 0 radical (unpaired) electrons. The molecule has 1 aromatic carbocycles. The molecule has 0 aliphatic heterocycles. The summed E-state index contributed by atoms with van der Waals surface area (Å²) in [6.45, 7) is 0. The monoisotopic (exact) mass is 322 g/mol. The molecule has 22 heavy (non-hydrogen) atoms. The lowest BCUT2D eigenvalue weighted by molar-refractivity contribution is -0.125. The zero-order chi connectivity index (χ0) is 16.3. The Morgan fingerprint density at radius 1 is 0.955 bits per heavy atom. The van der Waals surface area contributed by atoms with Gasteiger partial charge >= 0.3 is 6.18 Å². The van der Waals surface area contributed by atoms with Crippen molar-refractivity contribution in [3.8, 4) is 0 Å². The van der Waals surface area contributed by atoms with Crippen LogP contribution in [0.4, 0.5) is 26.3 Å². The summed E-state index contributed by atoms with van der Waals surface area (Å²) in [6, 6.07) is 2.01. The molecule has 0 saturated heterocycles. The van der Waals surface area contributed by atoms with Crippen LogP contribution in [0, 0.1) is 23.4 Å². The van der Waals surface area contributed by atoms with Gasteiger partial charge in [0, 0.05) is 0 Å². The Kier molecular flexibility index (Phi) is 5.19. The maximum Gasteiger partial charge on any atom is 0.392 e. The lowest BCUT2D eigenvalue weighted by Crippen LogP contribution is -2.13. The molecule has 0 atom stereocenters. The molecule has 1 saturated carbocycles. The van der Waals surface area contributed by atoms with Gasteiger partial charge in [0.25, 0.3) is 0 Å². The zero-order valence-electron chi connectivity index (χ0n) is 11.8. The lowest BCUT2D eigenvalue weighted by Gasteiger charge is -2.27. The minimum Gasteiger partial charge on any atom is -0.204 e. The Morgan fingerprint density at radius 2 is 1.50 bits per heavy atom. The van der Waals surface area contributed by atoms with E-state index < -0.39 is 30.0 Å². The van der Waals surface area contributed by atoms with Gasteiger partial charge in [-0.2, -0.15) is 13.2 Å². The Balaban J connectivity index is 1.92. The number of halogens is 6. The van der Waals surface area contributed by atoms with Crippen LogP contribution in [0.25, 0.3) is 0 Å². The van der Waals surface area contributed by atoms with E-state index in [2.05, 4.69) is 0 Å². The van der Waals surface area contributed by atoms with Crippen molar-refractivity contribution in [3.63, 3.8) is 0 Å². The second-order valence-corrected chi connectivity index (χ2v) is 5.66. The van der Waals surface area contributed by atoms with Crippen LogP contribution in [-0.4, -0.2) is 6.18 Å². The standard InChI is InChI=1S/C16H16F6/c17-13-8-12(9-14(18)15(13)19)11-5-3-10(4-6-11)2-1-7-16(20,21)22/h1-2,8-11H,3-7H2/b2-1+/t10-,11-. The molecular formula is C16H16F6. The molecule has 0 aromatic heterocycles. The second-order valence-electron chi connectivity index (χ2n) is 5.66. The molecule has 122 valence electrons. The quantitative estimate of drug-likeness (QED) is 0.370. The van der Waals surface area contributed by atoms with Crippen molar-refractivity contribution in [3.05, 3.63) is 47.3 Å². The van der Waals surface area contributed by atoms with Gasteiger partial charge in [-0.15, -0.1) is 0 Å². The number of benzene rings is 1. The van der Waals surface area contributed by atoms with Crippen molar-refractivity contribution in [1.29, 1.82) is 0 Å². The van der Waals surface area contributed by atoms with E-state index in [-0.39, 0.29) is 11.8 Å². The minimum absolute atomic E-state index is 0.0498. The van der Waals surface area contributed by atoms with Gasteiger partial charge in [0.05, 0.1) is 6.42 Å². The van der Waals surface area contributed by atoms with Crippen molar-refractivity contribution in [2.75, 3.05) is 0 Å². The van der Waals surface area contributed by atoms with E-state index in [1.807, 2.05) is 0 Å². The fraction of sp³-hybridized carbons (Fsp3) is 0.500. The van der Waals surface area contributed by atoms with Crippen LogP contribution in [0.3, 0.4) is 0 Å². The molecule has 1 aromatic rings. The average molecular weight is 322 g/mol. The van der Waals surface area contributed by atoms with Gasteiger partial charge < -0.3 is 0 Å². The summed E-state index contributed by atoms with van der Waals surface area (Å²) in [7, 11) is 0. The van der Waals surface area contributed by atoms with Crippen LogP contribution >= 0.6 is 0 Å². The first-order valence-electron chi connectivity index (χ1n) is 7.14. The summed E-state index contributed by atoms with van der Waals surface area (Å²) in [6.07, 6.45) is 0.0896. The summed E-state index contributed by atoms with van der Waals surface area (Å²) in [5, 5.41) is 0. The van der Waals surface area contributed by atoms with Crippen molar-refractivity contribution < 1.29 is 26.3 Å². The Labute approximate surface area is 124 Å². The summed E-state index contributed by atoms with van der Waals surface area (Å²) >= 11 is 0. The molecule has 0 N–H and O–H groups in total. The molecule has 0 spiro atoms. The molecule has 1 aliphatic carbocycles. The third kappa shape index (κ3) is 4.52. The topological polar surface area (TPSA) is 0 Å². The molecule has 0 unspecified atom stereocenters. The maximum absolute atomic E-state index is 13.2. The van der Waals surface area contributed by atoms with E-state index in [9.17, 15) is 26.3 Å². The SMILES string of the molecule is Fc1cc([C@H]2CC[C@H](/C=C/CC(F)(F)F)CC2)cc(F)c1F. The van der Waals surface area contributed by atoms with Gasteiger partial charge in [0.2, 0.25) is 0 Å². The number of hydrogen-bond acceptors (Lipinski definition) is 0.